The van der Waals surface area contributed by atoms with Crippen LogP contribution >= 0.6 is 0 Å². The number of carbonyl (C=O) groups is 2. The van der Waals surface area contributed by atoms with E-state index in [0.717, 1.165) is 6.29 Å². The Morgan fingerprint density at radius 2 is 2.20 bits per heavy atom. The fourth-order valence-electron chi connectivity index (χ4n) is 0.825. The van der Waals surface area contributed by atoms with Crippen LogP contribution in [0.4, 0.5) is 0 Å². The second kappa shape index (κ2) is 5.48. The van der Waals surface area contributed by atoms with E-state index in [1.54, 1.807) is 17.1 Å². The Labute approximate surface area is 86.0 Å². The van der Waals surface area contributed by atoms with Crippen LogP contribution in [0.15, 0.2) is 25.0 Å². The minimum Gasteiger partial charge on any atom is -0.342 e. The van der Waals surface area contributed by atoms with Crippen LogP contribution in [0, 0.1) is 0 Å². The number of rotatable bonds is 2. The predicted octanol–water partition coefficient (Wildman–Crippen LogP) is 0.455. The van der Waals surface area contributed by atoms with Gasteiger partial charge in [-0.25, -0.2) is 9.97 Å². The third-order valence-electron chi connectivity index (χ3n) is 1.49. The molecule has 1 N–H and O–H groups in total. The SMILES string of the molecule is Cn1cnc(C=O)c1.O=Cc1cnc[nH]1. The number of aryl methyl sites for hydroxylation is 1. The topological polar surface area (TPSA) is 80.6 Å². The molecule has 2 aromatic rings. The molecule has 2 heterocycles. The number of aldehydes is 2. The standard InChI is InChI=1S/C5H6N2O.C4H4N2O/c1-7-2-5(3-8)6-4-7;7-2-4-1-5-3-6-4/h2-4H,1H3;1-3H,(H,5,6). The molecule has 0 saturated carbocycles. The number of aromatic amines is 1. The lowest BCUT2D eigenvalue weighted by atomic mass is 10.5. The first-order valence-corrected chi connectivity index (χ1v) is 4.13. The van der Waals surface area contributed by atoms with Gasteiger partial charge in [-0.2, -0.15) is 0 Å². The van der Waals surface area contributed by atoms with E-state index in [4.69, 9.17) is 0 Å². The zero-order valence-electron chi connectivity index (χ0n) is 8.12. The molecule has 0 unspecified atom stereocenters. The Hall–Kier alpha value is -2.24. The third kappa shape index (κ3) is 3.55. The maximum absolute atomic E-state index is 9.94. The highest BCUT2D eigenvalue weighted by molar-refractivity contribution is 5.71. The molecule has 78 valence electrons. The number of H-pyrrole nitrogens is 1. The monoisotopic (exact) mass is 206 g/mol. The summed E-state index contributed by atoms with van der Waals surface area (Å²) in [4.78, 5) is 29.7. The summed E-state index contributed by atoms with van der Waals surface area (Å²) in [6.45, 7) is 0. The summed E-state index contributed by atoms with van der Waals surface area (Å²) in [6.07, 6.45) is 7.61. The van der Waals surface area contributed by atoms with Crippen molar-refractivity contribution in [3.8, 4) is 0 Å². The third-order valence-corrected chi connectivity index (χ3v) is 1.49. The van der Waals surface area contributed by atoms with Gasteiger partial charge in [0.05, 0.1) is 24.5 Å². The van der Waals surface area contributed by atoms with Gasteiger partial charge < -0.3 is 9.55 Å². The Kier molecular flexibility index (Phi) is 3.96. The number of carbonyl (C=O) groups excluding carboxylic acids is 2. The molecule has 0 atom stereocenters. The van der Waals surface area contributed by atoms with Crippen molar-refractivity contribution in [2.75, 3.05) is 0 Å². The van der Waals surface area contributed by atoms with E-state index >= 15 is 0 Å². The zero-order chi connectivity index (χ0) is 11.1. The first-order valence-electron chi connectivity index (χ1n) is 4.13. The van der Waals surface area contributed by atoms with Gasteiger partial charge in [-0.15, -0.1) is 0 Å². The van der Waals surface area contributed by atoms with Gasteiger partial charge in [-0.05, 0) is 0 Å². The maximum Gasteiger partial charge on any atom is 0.169 e. The molecule has 0 amide bonds. The van der Waals surface area contributed by atoms with Crippen molar-refractivity contribution in [2.45, 2.75) is 0 Å². The van der Waals surface area contributed by atoms with Gasteiger partial charge in [0, 0.05) is 13.2 Å². The van der Waals surface area contributed by atoms with Crippen LogP contribution in [0.1, 0.15) is 21.0 Å². The molecule has 0 fully saturated rings. The summed E-state index contributed by atoms with van der Waals surface area (Å²) in [6, 6.07) is 0. The van der Waals surface area contributed by atoms with E-state index in [0.29, 0.717) is 17.7 Å². The van der Waals surface area contributed by atoms with Crippen molar-refractivity contribution >= 4 is 12.6 Å². The van der Waals surface area contributed by atoms with Crippen LogP contribution in [0.25, 0.3) is 0 Å². The lowest BCUT2D eigenvalue weighted by Gasteiger charge is -1.77. The quantitative estimate of drug-likeness (QED) is 0.723. The fraction of sp³-hybridized carbons (Fsp3) is 0.111. The van der Waals surface area contributed by atoms with Gasteiger partial charge >= 0.3 is 0 Å². The number of hydrogen-bond donors (Lipinski definition) is 1. The van der Waals surface area contributed by atoms with E-state index in [1.807, 2.05) is 7.05 Å². The number of hydrogen-bond acceptors (Lipinski definition) is 4. The highest BCUT2D eigenvalue weighted by Gasteiger charge is 1.88. The molecule has 0 saturated heterocycles. The van der Waals surface area contributed by atoms with Gasteiger partial charge in [0.2, 0.25) is 0 Å². The average molecular weight is 206 g/mol. The number of aromatic nitrogens is 4. The first-order chi connectivity index (χ1) is 7.26. The molecule has 2 aromatic heterocycles. The predicted molar refractivity (Wildman–Crippen MR) is 52.6 cm³/mol. The molecule has 6 heteroatoms. The first kappa shape index (κ1) is 10.8. The summed E-state index contributed by atoms with van der Waals surface area (Å²) in [5.41, 5.74) is 0.993. The largest absolute Gasteiger partial charge is 0.342 e. The summed E-state index contributed by atoms with van der Waals surface area (Å²) in [7, 11) is 1.82. The van der Waals surface area contributed by atoms with E-state index in [9.17, 15) is 9.59 Å². The van der Waals surface area contributed by atoms with E-state index in [2.05, 4.69) is 15.0 Å². The van der Waals surface area contributed by atoms with E-state index < -0.39 is 0 Å². The molecule has 0 bridgehead atoms. The number of nitrogens with zero attached hydrogens (tertiary/aromatic N) is 3. The minimum atomic E-state index is 0.479. The van der Waals surface area contributed by atoms with Gasteiger partial charge in [-0.3, -0.25) is 9.59 Å². The van der Waals surface area contributed by atoms with Crippen LogP contribution in [-0.2, 0) is 7.05 Å². The van der Waals surface area contributed by atoms with Crippen molar-refractivity contribution in [1.82, 2.24) is 19.5 Å². The van der Waals surface area contributed by atoms with E-state index in [-0.39, 0.29) is 0 Å². The van der Waals surface area contributed by atoms with Gasteiger partial charge in [0.25, 0.3) is 0 Å². The van der Waals surface area contributed by atoms with Crippen molar-refractivity contribution in [3.05, 3.63) is 36.4 Å². The minimum absolute atomic E-state index is 0.479. The van der Waals surface area contributed by atoms with Gasteiger partial charge in [0.15, 0.2) is 12.6 Å². The molecule has 0 spiro atoms. The zero-order valence-corrected chi connectivity index (χ0v) is 8.12. The van der Waals surface area contributed by atoms with Crippen LogP contribution in [0.3, 0.4) is 0 Å². The van der Waals surface area contributed by atoms with Gasteiger partial charge in [0.1, 0.15) is 5.69 Å². The summed E-state index contributed by atoms with van der Waals surface area (Å²) in [5.74, 6) is 0. The second-order valence-electron chi connectivity index (χ2n) is 2.71. The van der Waals surface area contributed by atoms with Crippen molar-refractivity contribution in [3.63, 3.8) is 0 Å². The molecule has 15 heavy (non-hydrogen) atoms. The Balaban J connectivity index is 0.000000151. The molecule has 0 radical (unpaired) electrons. The van der Waals surface area contributed by atoms with Crippen molar-refractivity contribution < 1.29 is 9.59 Å². The Bertz CT molecular complexity index is 419. The Morgan fingerprint density at radius 3 is 2.47 bits per heavy atom. The number of imidazole rings is 2. The highest BCUT2D eigenvalue weighted by atomic mass is 16.1. The van der Waals surface area contributed by atoms with Crippen LogP contribution in [0.5, 0.6) is 0 Å². The smallest absolute Gasteiger partial charge is 0.169 e. The van der Waals surface area contributed by atoms with Crippen molar-refractivity contribution in [2.24, 2.45) is 7.05 Å². The molecule has 0 aliphatic carbocycles. The summed E-state index contributed by atoms with van der Waals surface area (Å²) < 4.78 is 1.73. The molecular formula is C9H10N4O2. The van der Waals surface area contributed by atoms with E-state index in [1.165, 1.54) is 12.5 Å². The van der Waals surface area contributed by atoms with Crippen LogP contribution in [0.2, 0.25) is 0 Å². The molecule has 0 aliphatic rings. The van der Waals surface area contributed by atoms with Crippen LogP contribution < -0.4 is 0 Å². The average Bonchev–Trinajstić information content (AvgIpc) is 2.88. The molecule has 0 aromatic carbocycles. The molecule has 2 rings (SSSR count). The maximum atomic E-state index is 9.94. The number of nitrogens with one attached hydrogen (secondary N) is 1. The molecule has 0 aliphatic heterocycles. The molecule has 6 nitrogen and oxygen atoms in total. The van der Waals surface area contributed by atoms with Gasteiger partial charge in [-0.1, -0.05) is 0 Å². The summed E-state index contributed by atoms with van der Waals surface area (Å²) >= 11 is 0. The highest BCUT2D eigenvalue weighted by Crippen LogP contribution is 1.86. The second-order valence-corrected chi connectivity index (χ2v) is 2.71. The normalized spacial score (nSPS) is 8.87. The van der Waals surface area contributed by atoms with Crippen molar-refractivity contribution in [1.29, 1.82) is 0 Å². The molecular weight excluding hydrogens is 196 g/mol. The Morgan fingerprint density at radius 1 is 1.40 bits per heavy atom. The van der Waals surface area contributed by atoms with Crippen LogP contribution in [-0.4, -0.2) is 32.1 Å². The lowest BCUT2D eigenvalue weighted by Crippen LogP contribution is -1.78. The lowest BCUT2D eigenvalue weighted by molar-refractivity contribution is 0.111. The fourth-order valence-corrected chi connectivity index (χ4v) is 0.825. The summed E-state index contributed by atoms with van der Waals surface area (Å²) in [5, 5.41) is 0.